The molecular formula is C8H14ClN3O3S. The van der Waals surface area contributed by atoms with Crippen LogP contribution in [0.1, 0.15) is 13.8 Å². The highest BCUT2D eigenvalue weighted by molar-refractivity contribution is 7.89. The van der Waals surface area contributed by atoms with Crippen LogP contribution in [0.15, 0.2) is 11.2 Å². The Labute approximate surface area is 99.5 Å². The predicted octanol–water partition coefficient (Wildman–Crippen LogP) is 0.939. The van der Waals surface area contributed by atoms with Gasteiger partial charge in [-0.25, -0.2) is 8.42 Å². The topological polar surface area (TPSA) is 73.2 Å². The third kappa shape index (κ3) is 3.18. The fourth-order valence-electron chi connectivity index (χ4n) is 1.02. The van der Waals surface area contributed by atoms with Crippen LogP contribution >= 0.6 is 11.6 Å². The monoisotopic (exact) mass is 267 g/mol. The van der Waals surface area contributed by atoms with Crippen molar-refractivity contribution < 1.29 is 13.3 Å². The zero-order chi connectivity index (χ0) is 12.3. The maximum atomic E-state index is 11.7. The Morgan fingerprint density at radius 2 is 2.25 bits per heavy atom. The van der Waals surface area contributed by atoms with E-state index < -0.39 is 10.0 Å². The van der Waals surface area contributed by atoms with E-state index in [1.54, 1.807) is 0 Å². The highest BCUT2D eigenvalue weighted by atomic mass is 35.5. The fourth-order valence-corrected chi connectivity index (χ4v) is 2.50. The minimum atomic E-state index is -3.78. The molecule has 1 rings (SSSR count). The number of rotatable bonds is 5. The molecule has 1 aromatic rings. The summed E-state index contributed by atoms with van der Waals surface area (Å²) in [6.45, 7) is 4.10. The van der Waals surface area contributed by atoms with Gasteiger partial charge in [0.1, 0.15) is 0 Å². The van der Waals surface area contributed by atoms with E-state index >= 15 is 0 Å². The Kier molecular flexibility index (Phi) is 4.31. The molecule has 0 aromatic carbocycles. The number of hydrogen-bond acceptors (Lipinski definition) is 4. The van der Waals surface area contributed by atoms with Gasteiger partial charge in [0.25, 0.3) is 10.0 Å². The van der Waals surface area contributed by atoms with E-state index in [1.165, 1.54) is 17.9 Å². The van der Waals surface area contributed by atoms with Crippen LogP contribution in [0.5, 0.6) is 0 Å². The molecule has 0 aliphatic carbocycles. The van der Waals surface area contributed by atoms with E-state index in [1.807, 2.05) is 18.7 Å². The van der Waals surface area contributed by atoms with E-state index in [9.17, 15) is 8.42 Å². The molecule has 1 aromatic heterocycles. The van der Waals surface area contributed by atoms with Crippen molar-refractivity contribution in [2.75, 3.05) is 6.61 Å². The third-order valence-corrected chi connectivity index (χ3v) is 3.40. The minimum Gasteiger partial charge on any atom is -0.287 e. The first-order chi connectivity index (χ1) is 7.34. The summed E-state index contributed by atoms with van der Waals surface area (Å²) in [6.07, 6.45) is 1.26. The fraction of sp³-hybridized carbons (Fsp3) is 0.625. The lowest BCUT2D eigenvalue weighted by Crippen LogP contribution is -2.27. The van der Waals surface area contributed by atoms with Gasteiger partial charge in [0.2, 0.25) is 0 Å². The number of hydrogen-bond donors (Lipinski definition) is 1. The summed E-state index contributed by atoms with van der Waals surface area (Å²) >= 11 is 5.71. The Morgan fingerprint density at radius 3 is 2.69 bits per heavy atom. The first-order valence-electron chi connectivity index (χ1n) is 4.65. The van der Waals surface area contributed by atoms with Crippen LogP contribution in [-0.4, -0.2) is 24.8 Å². The summed E-state index contributed by atoms with van der Waals surface area (Å²) in [4.78, 5) is 6.86. The number of aryl methyl sites for hydroxylation is 1. The second kappa shape index (κ2) is 5.13. The Hall–Kier alpha value is -0.630. The van der Waals surface area contributed by atoms with Crippen LogP contribution in [0.25, 0.3) is 0 Å². The number of halogens is 1. The van der Waals surface area contributed by atoms with Crippen molar-refractivity contribution in [3.8, 4) is 0 Å². The second-order valence-corrected chi connectivity index (χ2v) is 5.68. The lowest BCUT2D eigenvalue weighted by Gasteiger charge is -2.09. The summed E-state index contributed by atoms with van der Waals surface area (Å²) < 4.78 is 24.6. The summed E-state index contributed by atoms with van der Waals surface area (Å²) in [7, 11) is -2.29. The first kappa shape index (κ1) is 13.4. The summed E-state index contributed by atoms with van der Waals surface area (Å²) in [5.41, 5.74) is 0. The van der Waals surface area contributed by atoms with Crippen molar-refractivity contribution in [1.29, 1.82) is 0 Å². The molecule has 8 heteroatoms. The van der Waals surface area contributed by atoms with Gasteiger partial charge in [0, 0.05) is 7.05 Å². The highest BCUT2D eigenvalue weighted by Crippen LogP contribution is 2.19. The Balaban J connectivity index is 2.79. The molecule has 0 spiro atoms. The van der Waals surface area contributed by atoms with Gasteiger partial charge in [-0.1, -0.05) is 30.3 Å². The molecule has 16 heavy (non-hydrogen) atoms. The van der Waals surface area contributed by atoms with Crippen molar-refractivity contribution in [2.45, 2.75) is 18.9 Å². The molecule has 0 atom stereocenters. The zero-order valence-electron chi connectivity index (χ0n) is 9.27. The molecule has 6 nitrogen and oxygen atoms in total. The van der Waals surface area contributed by atoms with E-state index in [4.69, 9.17) is 16.4 Å². The molecular weight excluding hydrogens is 254 g/mol. The quantitative estimate of drug-likeness (QED) is 0.806. The Bertz CT molecular complexity index is 436. The summed E-state index contributed by atoms with van der Waals surface area (Å²) in [6, 6.07) is 0. The van der Waals surface area contributed by atoms with Crippen molar-refractivity contribution in [3.05, 3.63) is 11.2 Å². The largest absolute Gasteiger partial charge is 0.287 e. The van der Waals surface area contributed by atoms with Crippen LogP contribution in [-0.2, 0) is 21.9 Å². The van der Waals surface area contributed by atoms with Gasteiger partial charge >= 0.3 is 0 Å². The average molecular weight is 268 g/mol. The van der Waals surface area contributed by atoms with Gasteiger partial charge in [-0.3, -0.25) is 9.52 Å². The predicted molar refractivity (Wildman–Crippen MR) is 59.3 cm³/mol. The molecule has 0 fully saturated rings. The van der Waals surface area contributed by atoms with Crippen LogP contribution in [0.2, 0.25) is 5.02 Å². The number of nitrogens with one attached hydrogen (secondary N) is 1. The van der Waals surface area contributed by atoms with E-state index in [0.717, 1.165) is 0 Å². The van der Waals surface area contributed by atoms with Crippen LogP contribution < -0.4 is 4.89 Å². The molecule has 0 aliphatic heterocycles. The maximum absolute atomic E-state index is 11.7. The standard InChI is InChI=1S/C8H14ClN3O3S/c1-6(2)5-15-11-16(13,14)8-7(9)4-10-12(8)3/h4,6,11H,5H2,1-3H3. The molecule has 1 N–H and O–H groups in total. The smallest absolute Gasteiger partial charge is 0.281 e. The van der Waals surface area contributed by atoms with Crippen LogP contribution in [0.4, 0.5) is 0 Å². The number of sulfonamides is 1. The zero-order valence-corrected chi connectivity index (χ0v) is 10.8. The van der Waals surface area contributed by atoms with E-state index in [-0.39, 0.29) is 22.6 Å². The molecule has 0 saturated heterocycles. The van der Waals surface area contributed by atoms with Gasteiger partial charge in [-0.2, -0.15) is 5.10 Å². The molecule has 0 aliphatic rings. The lowest BCUT2D eigenvalue weighted by molar-refractivity contribution is 0.0715. The lowest BCUT2D eigenvalue weighted by atomic mass is 10.2. The van der Waals surface area contributed by atoms with Crippen molar-refractivity contribution in [1.82, 2.24) is 14.7 Å². The molecule has 0 radical (unpaired) electrons. The maximum Gasteiger partial charge on any atom is 0.281 e. The van der Waals surface area contributed by atoms with Crippen LogP contribution in [0.3, 0.4) is 0 Å². The molecule has 0 saturated carbocycles. The molecule has 92 valence electrons. The third-order valence-electron chi connectivity index (χ3n) is 1.68. The van der Waals surface area contributed by atoms with Crippen LogP contribution in [0, 0.1) is 5.92 Å². The SMILES string of the molecule is CC(C)CONS(=O)(=O)c1c(Cl)cnn1C. The summed E-state index contributed by atoms with van der Waals surface area (Å²) in [5.74, 6) is 0.227. The Morgan fingerprint density at radius 1 is 1.62 bits per heavy atom. The van der Waals surface area contributed by atoms with Gasteiger partial charge in [0.05, 0.1) is 17.8 Å². The van der Waals surface area contributed by atoms with Crippen molar-refractivity contribution >= 4 is 21.6 Å². The van der Waals surface area contributed by atoms with Gasteiger partial charge in [-0.15, -0.1) is 0 Å². The van der Waals surface area contributed by atoms with Gasteiger partial charge < -0.3 is 0 Å². The molecule has 0 unspecified atom stereocenters. The minimum absolute atomic E-state index is 0.0585. The van der Waals surface area contributed by atoms with Gasteiger partial charge in [-0.05, 0) is 5.92 Å². The average Bonchev–Trinajstić information content (AvgIpc) is 2.45. The number of aromatic nitrogens is 2. The normalized spacial score (nSPS) is 12.3. The van der Waals surface area contributed by atoms with Gasteiger partial charge in [0.15, 0.2) is 5.03 Å². The highest BCUT2D eigenvalue weighted by Gasteiger charge is 2.22. The number of nitrogens with zero attached hydrogens (tertiary/aromatic N) is 2. The summed E-state index contributed by atoms with van der Waals surface area (Å²) in [5, 5.41) is 3.68. The first-order valence-corrected chi connectivity index (χ1v) is 6.52. The molecule has 0 bridgehead atoms. The van der Waals surface area contributed by atoms with E-state index in [0.29, 0.717) is 0 Å². The molecule has 1 heterocycles. The van der Waals surface area contributed by atoms with Crippen molar-refractivity contribution in [2.24, 2.45) is 13.0 Å². The second-order valence-electron chi connectivity index (χ2n) is 3.71. The van der Waals surface area contributed by atoms with E-state index in [2.05, 4.69) is 5.10 Å². The van der Waals surface area contributed by atoms with Crippen molar-refractivity contribution in [3.63, 3.8) is 0 Å². The molecule has 0 amide bonds.